The van der Waals surface area contributed by atoms with Crippen molar-refractivity contribution in [2.24, 2.45) is 29.0 Å². The van der Waals surface area contributed by atoms with Gasteiger partial charge in [0.2, 0.25) is 0 Å². The molecule has 6 N–H and O–H groups in total. The quantitative estimate of drug-likeness (QED) is 0.426. The minimum absolute atomic E-state index is 0.143. The first kappa shape index (κ1) is 23.2. The van der Waals surface area contributed by atoms with Crippen LogP contribution in [0.3, 0.4) is 0 Å². The van der Waals surface area contributed by atoms with Crippen LogP contribution in [-0.4, -0.2) is 0 Å². The van der Waals surface area contributed by atoms with Gasteiger partial charge in [-0.15, -0.1) is 0 Å². The third kappa shape index (κ3) is 4.32. The van der Waals surface area contributed by atoms with Crippen molar-refractivity contribution in [3.8, 4) is 0 Å². The molecule has 1 atom stereocenters. The summed E-state index contributed by atoms with van der Waals surface area (Å²) in [6.07, 6.45) is 7.08. The number of hydrogen-bond donors (Lipinski definition) is 3. The van der Waals surface area contributed by atoms with E-state index in [-0.39, 0.29) is 5.92 Å². The Balaban J connectivity index is 2.10. The van der Waals surface area contributed by atoms with Gasteiger partial charge >= 0.3 is 0 Å². The van der Waals surface area contributed by atoms with Crippen LogP contribution in [0.5, 0.6) is 0 Å². The lowest BCUT2D eigenvalue weighted by Gasteiger charge is -2.40. The second kappa shape index (κ2) is 9.88. The third-order valence-corrected chi connectivity index (χ3v) is 6.89. The Bertz CT molecular complexity index is 1060. The molecular formula is C30H35N3. The summed E-state index contributed by atoms with van der Waals surface area (Å²) in [5.74, 6) is 0.606. The molecule has 0 saturated carbocycles. The van der Waals surface area contributed by atoms with E-state index in [0.717, 1.165) is 16.7 Å². The summed E-state index contributed by atoms with van der Waals surface area (Å²) in [6, 6.07) is 26.2. The molecule has 0 spiro atoms. The fourth-order valence-corrected chi connectivity index (χ4v) is 5.10. The van der Waals surface area contributed by atoms with E-state index >= 15 is 0 Å². The van der Waals surface area contributed by atoms with Crippen molar-refractivity contribution < 1.29 is 0 Å². The molecule has 4 rings (SSSR count). The van der Waals surface area contributed by atoms with Gasteiger partial charge in [-0.1, -0.05) is 105 Å². The molecule has 0 aromatic heterocycles. The Kier molecular flexibility index (Phi) is 6.94. The maximum Gasteiger partial charge on any atom is 0.0548 e. The van der Waals surface area contributed by atoms with Crippen molar-refractivity contribution in [3.63, 3.8) is 0 Å². The van der Waals surface area contributed by atoms with Crippen LogP contribution in [0.15, 0.2) is 96.6 Å². The summed E-state index contributed by atoms with van der Waals surface area (Å²) in [5.41, 5.74) is 26.2. The van der Waals surface area contributed by atoms with Crippen LogP contribution < -0.4 is 17.2 Å². The highest BCUT2D eigenvalue weighted by Crippen LogP contribution is 2.49. The Hall–Kier alpha value is -2.98. The molecule has 3 heteroatoms. The smallest absolute Gasteiger partial charge is 0.0548 e. The largest absolute Gasteiger partial charge is 0.326 e. The molecule has 1 aliphatic carbocycles. The van der Waals surface area contributed by atoms with Crippen molar-refractivity contribution >= 4 is 0 Å². The molecule has 1 aliphatic rings. The van der Waals surface area contributed by atoms with Crippen molar-refractivity contribution in [1.29, 1.82) is 0 Å². The Morgan fingerprint density at radius 3 is 1.45 bits per heavy atom. The second-order valence-electron chi connectivity index (χ2n) is 9.23. The van der Waals surface area contributed by atoms with Crippen LogP contribution in [-0.2, 0) is 25.0 Å². The van der Waals surface area contributed by atoms with Gasteiger partial charge in [0.05, 0.1) is 5.41 Å². The lowest BCUT2D eigenvalue weighted by atomic mass is 9.61. The summed E-state index contributed by atoms with van der Waals surface area (Å²) in [7, 11) is 0. The zero-order valence-corrected chi connectivity index (χ0v) is 19.7. The minimum atomic E-state index is -0.436. The van der Waals surface area contributed by atoms with Gasteiger partial charge in [-0.3, -0.25) is 0 Å². The van der Waals surface area contributed by atoms with E-state index < -0.39 is 5.41 Å². The SMILES string of the molecule is CC(C)C1=CC(C(c2cccc(CN)c2)(c2cccc(CN)c2)c2cccc(CN)c2)C=C1. The van der Waals surface area contributed by atoms with Crippen LogP contribution in [0.4, 0.5) is 0 Å². The van der Waals surface area contributed by atoms with Crippen LogP contribution in [0.25, 0.3) is 0 Å². The minimum Gasteiger partial charge on any atom is -0.326 e. The Labute approximate surface area is 198 Å². The normalized spacial score (nSPS) is 15.8. The lowest BCUT2D eigenvalue weighted by Crippen LogP contribution is -2.36. The lowest BCUT2D eigenvalue weighted by molar-refractivity contribution is 0.524. The highest BCUT2D eigenvalue weighted by atomic mass is 14.5. The van der Waals surface area contributed by atoms with E-state index in [2.05, 4.69) is 105 Å². The topological polar surface area (TPSA) is 78.1 Å². The zero-order valence-electron chi connectivity index (χ0n) is 19.7. The van der Waals surface area contributed by atoms with Crippen LogP contribution in [0, 0.1) is 11.8 Å². The van der Waals surface area contributed by atoms with Crippen molar-refractivity contribution in [3.05, 3.63) is 130 Å². The van der Waals surface area contributed by atoms with Crippen LogP contribution >= 0.6 is 0 Å². The molecular weight excluding hydrogens is 402 g/mol. The van der Waals surface area contributed by atoms with Gasteiger partial charge in [0.15, 0.2) is 0 Å². The fourth-order valence-electron chi connectivity index (χ4n) is 5.10. The molecule has 3 nitrogen and oxygen atoms in total. The number of allylic oxidation sites excluding steroid dienone is 4. The molecule has 3 aromatic carbocycles. The number of nitrogens with two attached hydrogens (primary N) is 3. The molecule has 0 bridgehead atoms. The Morgan fingerprint density at radius 2 is 1.12 bits per heavy atom. The summed E-state index contributed by atoms with van der Waals surface area (Å²) in [5, 5.41) is 0. The predicted molar refractivity (Wildman–Crippen MR) is 138 cm³/mol. The molecule has 33 heavy (non-hydrogen) atoms. The summed E-state index contributed by atoms with van der Waals surface area (Å²) in [4.78, 5) is 0. The summed E-state index contributed by atoms with van der Waals surface area (Å²) >= 11 is 0. The van der Waals surface area contributed by atoms with Crippen molar-refractivity contribution in [2.45, 2.75) is 38.9 Å². The van der Waals surface area contributed by atoms with Gasteiger partial charge < -0.3 is 17.2 Å². The van der Waals surface area contributed by atoms with Gasteiger partial charge in [-0.25, -0.2) is 0 Å². The van der Waals surface area contributed by atoms with E-state index in [9.17, 15) is 0 Å². The summed E-state index contributed by atoms with van der Waals surface area (Å²) in [6.45, 7) is 6.01. The van der Waals surface area contributed by atoms with E-state index in [1.165, 1.54) is 22.3 Å². The molecule has 0 radical (unpaired) electrons. The van der Waals surface area contributed by atoms with Gasteiger partial charge in [0.25, 0.3) is 0 Å². The molecule has 0 aliphatic heterocycles. The Morgan fingerprint density at radius 1 is 0.697 bits per heavy atom. The van der Waals surface area contributed by atoms with Gasteiger partial charge in [0.1, 0.15) is 0 Å². The fraction of sp³-hybridized carbons (Fsp3) is 0.267. The highest BCUT2D eigenvalue weighted by molar-refractivity contribution is 5.57. The highest BCUT2D eigenvalue weighted by Gasteiger charge is 2.43. The average Bonchev–Trinajstić information content (AvgIpc) is 3.36. The first-order valence-corrected chi connectivity index (χ1v) is 11.8. The number of hydrogen-bond acceptors (Lipinski definition) is 3. The first-order valence-electron chi connectivity index (χ1n) is 11.8. The molecule has 3 aromatic rings. The van der Waals surface area contributed by atoms with Gasteiger partial charge in [-0.2, -0.15) is 0 Å². The summed E-state index contributed by atoms with van der Waals surface area (Å²) < 4.78 is 0. The third-order valence-electron chi connectivity index (χ3n) is 6.89. The van der Waals surface area contributed by atoms with E-state index in [1.807, 2.05) is 0 Å². The molecule has 0 heterocycles. The van der Waals surface area contributed by atoms with E-state index in [1.54, 1.807) is 0 Å². The monoisotopic (exact) mass is 437 g/mol. The maximum atomic E-state index is 6.09. The predicted octanol–water partition coefficient (Wildman–Crippen LogP) is 5.17. The standard InChI is InChI=1S/C30H35N3/c1-21(2)25-12-13-29(17-25)30(26-9-3-6-22(14-26)18-31,27-10-4-7-23(15-27)19-32)28-11-5-8-24(16-28)20-33/h3-17,21,29H,18-20,31-33H2,1-2H3. The van der Waals surface area contributed by atoms with Gasteiger partial charge in [0, 0.05) is 25.6 Å². The molecule has 0 fully saturated rings. The van der Waals surface area contributed by atoms with Crippen molar-refractivity contribution in [1.82, 2.24) is 0 Å². The van der Waals surface area contributed by atoms with Crippen LogP contribution in [0.2, 0.25) is 0 Å². The molecule has 0 amide bonds. The van der Waals surface area contributed by atoms with Gasteiger partial charge in [-0.05, 0) is 44.9 Å². The molecule has 170 valence electrons. The average molecular weight is 438 g/mol. The zero-order chi connectivity index (χ0) is 23.4. The molecule has 0 saturated heterocycles. The van der Waals surface area contributed by atoms with Crippen LogP contribution in [0.1, 0.15) is 47.2 Å². The number of rotatable bonds is 8. The van der Waals surface area contributed by atoms with E-state index in [0.29, 0.717) is 25.6 Å². The first-order chi connectivity index (χ1) is 16.0. The van der Waals surface area contributed by atoms with E-state index in [4.69, 9.17) is 17.2 Å². The number of benzene rings is 3. The second-order valence-corrected chi connectivity index (χ2v) is 9.23. The molecule has 1 unspecified atom stereocenters. The van der Waals surface area contributed by atoms with Crippen molar-refractivity contribution in [2.75, 3.05) is 0 Å². The maximum absolute atomic E-state index is 6.09.